The molecule has 1 unspecified atom stereocenters. The van der Waals surface area contributed by atoms with E-state index >= 15 is 0 Å². The lowest BCUT2D eigenvalue weighted by molar-refractivity contribution is 0.158. The molecule has 0 saturated heterocycles. The van der Waals surface area contributed by atoms with Crippen molar-refractivity contribution < 1.29 is 9.84 Å². The molecule has 34 heavy (non-hydrogen) atoms. The number of nitrogens with one attached hydrogen (secondary N) is 2. The quantitative estimate of drug-likeness (QED) is 0.237. The van der Waals surface area contributed by atoms with Gasteiger partial charge >= 0.3 is 0 Å². The number of nitrogens with zero attached hydrogens (tertiary/aromatic N) is 3. The van der Waals surface area contributed by atoms with Gasteiger partial charge in [0.05, 0.1) is 29.3 Å². The number of para-hydroxylation sites is 1. The number of aliphatic hydroxyl groups excluding tert-OH is 1. The Kier molecular flexibility index (Phi) is 14.4. The van der Waals surface area contributed by atoms with E-state index in [4.69, 9.17) is 14.7 Å². The molecular weight excluding hydrogens is 426 g/mol. The number of aromatic nitrogens is 2. The molecule has 0 aliphatic heterocycles. The van der Waals surface area contributed by atoms with E-state index in [2.05, 4.69) is 29.1 Å². The molecule has 0 radical (unpaired) electrons. The minimum Gasteiger partial charge on any atom is -0.396 e. The fourth-order valence-electron chi connectivity index (χ4n) is 3.41. The van der Waals surface area contributed by atoms with E-state index in [0.29, 0.717) is 32.3 Å². The number of anilines is 2. The zero-order valence-electron chi connectivity index (χ0n) is 21.8. The van der Waals surface area contributed by atoms with Crippen molar-refractivity contribution in [1.29, 1.82) is 0 Å². The molecule has 1 atom stereocenters. The third kappa shape index (κ3) is 9.23. The van der Waals surface area contributed by atoms with Gasteiger partial charge in [0.15, 0.2) is 0 Å². The summed E-state index contributed by atoms with van der Waals surface area (Å²) in [5.74, 6) is 1.57. The maximum atomic E-state index is 9.51. The molecule has 0 amide bonds. The predicted octanol–water partition coefficient (Wildman–Crippen LogP) is 5.86. The first-order valence-electron chi connectivity index (χ1n) is 12.4. The van der Waals surface area contributed by atoms with Crippen LogP contribution in [0.5, 0.6) is 0 Å². The minimum atomic E-state index is 0.191. The SMILES string of the molecule is C=Cc1ccccc1N=C(C)c1c(C)nc(NCCOCC)nc1NCCC(CC)CO.CC. The van der Waals surface area contributed by atoms with E-state index in [1.54, 1.807) is 6.08 Å². The fraction of sp³-hybridized carbons (Fsp3) is 0.519. The maximum absolute atomic E-state index is 9.51. The van der Waals surface area contributed by atoms with Gasteiger partial charge in [0.1, 0.15) is 5.82 Å². The molecule has 2 rings (SSSR count). The van der Waals surface area contributed by atoms with Crippen molar-refractivity contribution in [2.75, 3.05) is 43.5 Å². The minimum absolute atomic E-state index is 0.191. The Morgan fingerprint density at radius 3 is 2.56 bits per heavy atom. The van der Waals surface area contributed by atoms with Gasteiger partial charge in [-0.25, -0.2) is 4.98 Å². The molecule has 7 heteroatoms. The highest BCUT2D eigenvalue weighted by Gasteiger charge is 2.16. The maximum Gasteiger partial charge on any atom is 0.224 e. The van der Waals surface area contributed by atoms with Gasteiger partial charge in [0.25, 0.3) is 0 Å². The van der Waals surface area contributed by atoms with Crippen molar-refractivity contribution in [2.24, 2.45) is 10.9 Å². The van der Waals surface area contributed by atoms with E-state index in [0.717, 1.165) is 46.9 Å². The molecular formula is C27H43N5O2. The van der Waals surface area contributed by atoms with E-state index < -0.39 is 0 Å². The van der Waals surface area contributed by atoms with Crippen LogP contribution in [0.1, 0.15) is 64.3 Å². The molecule has 1 aromatic heterocycles. The van der Waals surface area contributed by atoms with Crippen LogP contribution < -0.4 is 10.6 Å². The van der Waals surface area contributed by atoms with Crippen LogP contribution in [0.2, 0.25) is 0 Å². The number of benzene rings is 1. The second-order valence-electron chi connectivity index (χ2n) is 7.61. The summed E-state index contributed by atoms with van der Waals surface area (Å²) in [7, 11) is 0. The molecule has 0 aliphatic carbocycles. The topological polar surface area (TPSA) is 91.7 Å². The summed E-state index contributed by atoms with van der Waals surface area (Å²) in [5.41, 5.74) is 4.39. The first-order chi connectivity index (χ1) is 16.5. The number of hydrogen-bond acceptors (Lipinski definition) is 7. The van der Waals surface area contributed by atoms with Crippen LogP contribution in [-0.2, 0) is 4.74 Å². The smallest absolute Gasteiger partial charge is 0.224 e. The highest BCUT2D eigenvalue weighted by Crippen LogP contribution is 2.25. The molecule has 1 heterocycles. The molecule has 0 spiro atoms. The Morgan fingerprint density at radius 1 is 1.18 bits per heavy atom. The Hall–Kier alpha value is -2.77. The highest BCUT2D eigenvalue weighted by molar-refractivity contribution is 6.05. The molecule has 2 aromatic rings. The molecule has 0 aliphatic rings. The third-order valence-corrected chi connectivity index (χ3v) is 5.31. The van der Waals surface area contributed by atoms with Gasteiger partial charge in [-0.2, -0.15) is 4.98 Å². The number of rotatable bonds is 14. The molecule has 0 bridgehead atoms. The van der Waals surface area contributed by atoms with Crippen LogP contribution >= 0.6 is 0 Å². The summed E-state index contributed by atoms with van der Waals surface area (Å²) >= 11 is 0. The van der Waals surface area contributed by atoms with Gasteiger partial charge in [-0.05, 0) is 44.7 Å². The summed E-state index contributed by atoms with van der Waals surface area (Å²) in [4.78, 5) is 14.2. The van der Waals surface area contributed by atoms with Crippen molar-refractivity contribution in [3.05, 3.63) is 47.7 Å². The zero-order chi connectivity index (χ0) is 25.3. The van der Waals surface area contributed by atoms with Crippen LogP contribution in [-0.4, -0.2) is 53.7 Å². The van der Waals surface area contributed by atoms with Gasteiger partial charge in [0, 0.05) is 26.3 Å². The van der Waals surface area contributed by atoms with Crippen LogP contribution in [0, 0.1) is 12.8 Å². The monoisotopic (exact) mass is 469 g/mol. The number of aliphatic imine (C=N–C) groups is 1. The summed E-state index contributed by atoms with van der Waals surface area (Å²) in [6, 6.07) is 7.90. The largest absolute Gasteiger partial charge is 0.396 e. The van der Waals surface area contributed by atoms with Gasteiger partial charge in [-0.3, -0.25) is 4.99 Å². The first kappa shape index (κ1) is 29.3. The lowest BCUT2D eigenvalue weighted by Gasteiger charge is -2.17. The normalized spacial score (nSPS) is 11.9. The van der Waals surface area contributed by atoms with Gasteiger partial charge in [-0.1, -0.05) is 58.0 Å². The van der Waals surface area contributed by atoms with Crippen molar-refractivity contribution in [3.63, 3.8) is 0 Å². The standard InChI is InChI=1S/C25H37N5O2.C2H6/c1-6-20(17-31)13-14-26-24-23(18(4)28-22-12-10-9-11-21(22)7-2)19(5)29-25(30-24)27-15-16-32-8-3;1-2/h7,9-12,20,31H,2,6,8,13-17H2,1,3-5H3,(H2,26,27,29,30);1-2H3. The average molecular weight is 470 g/mol. The van der Waals surface area contributed by atoms with Gasteiger partial charge in [0.2, 0.25) is 5.95 Å². The highest BCUT2D eigenvalue weighted by atomic mass is 16.5. The lowest BCUT2D eigenvalue weighted by Crippen LogP contribution is -2.18. The predicted molar refractivity (Wildman–Crippen MR) is 145 cm³/mol. The zero-order valence-corrected chi connectivity index (χ0v) is 21.8. The second kappa shape index (κ2) is 16.8. The molecule has 0 saturated carbocycles. The van der Waals surface area contributed by atoms with E-state index in [1.807, 2.05) is 58.9 Å². The Bertz CT molecular complexity index is 895. The number of aliphatic hydroxyl groups is 1. The van der Waals surface area contributed by atoms with Crippen molar-refractivity contribution >= 4 is 29.2 Å². The molecule has 0 fully saturated rings. The third-order valence-electron chi connectivity index (χ3n) is 5.31. The Morgan fingerprint density at radius 2 is 1.91 bits per heavy atom. The fourth-order valence-corrected chi connectivity index (χ4v) is 3.41. The average Bonchev–Trinajstić information content (AvgIpc) is 2.86. The molecule has 3 N–H and O–H groups in total. The number of aryl methyl sites for hydroxylation is 1. The van der Waals surface area contributed by atoms with Crippen molar-refractivity contribution in [2.45, 2.75) is 54.4 Å². The van der Waals surface area contributed by atoms with Crippen molar-refractivity contribution in [3.8, 4) is 0 Å². The number of ether oxygens (including phenoxy) is 1. The van der Waals surface area contributed by atoms with E-state index in [1.165, 1.54) is 0 Å². The van der Waals surface area contributed by atoms with Gasteiger partial charge in [-0.15, -0.1) is 0 Å². The molecule has 1 aromatic carbocycles. The van der Waals surface area contributed by atoms with Crippen LogP contribution in [0.3, 0.4) is 0 Å². The van der Waals surface area contributed by atoms with Gasteiger partial charge < -0.3 is 20.5 Å². The molecule has 188 valence electrons. The summed E-state index contributed by atoms with van der Waals surface area (Å²) < 4.78 is 5.40. The Balaban J connectivity index is 0.00000281. The van der Waals surface area contributed by atoms with Crippen molar-refractivity contribution in [1.82, 2.24) is 9.97 Å². The van der Waals surface area contributed by atoms with Crippen LogP contribution in [0.4, 0.5) is 17.5 Å². The summed E-state index contributed by atoms with van der Waals surface area (Å²) in [6.45, 7) is 18.7. The van der Waals surface area contributed by atoms with E-state index in [9.17, 15) is 5.11 Å². The second-order valence-corrected chi connectivity index (χ2v) is 7.61. The van der Waals surface area contributed by atoms with E-state index in [-0.39, 0.29) is 12.5 Å². The van der Waals surface area contributed by atoms with Crippen LogP contribution in [0.25, 0.3) is 6.08 Å². The Labute approximate surface area is 205 Å². The summed E-state index contributed by atoms with van der Waals surface area (Å²) in [5, 5.41) is 16.2. The lowest BCUT2D eigenvalue weighted by atomic mass is 10.0. The molecule has 7 nitrogen and oxygen atoms in total. The first-order valence-corrected chi connectivity index (χ1v) is 12.4. The summed E-state index contributed by atoms with van der Waals surface area (Å²) in [6.07, 6.45) is 3.61. The number of hydrogen-bond donors (Lipinski definition) is 3. The van der Waals surface area contributed by atoms with Crippen LogP contribution in [0.15, 0.2) is 35.8 Å².